The average Bonchev–Trinajstić information content (AvgIpc) is 2.11. The molecule has 0 spiro atoms. The Kier molecular flexibility index (Phi) is 8.07. The number of nitrogens with one attached hydrogen (secondary N) is 1. The summed E-state index contributed by atoms with van der Waals surface area (Å²) in [6.45, 7) is 9.36. The van der Waals surface area contributed by atoms with Crippen molar-refractivity contribution in [2.75, 3.05) is 6.54 Å². The van der Waals surface area contributed by atoms with E-state index in [4.69, 9.17) is 0 Å². The fourth-order valence-electron chi connectivity index (χ4n) is 1.69. The second-order valence-electron chi connectivity index (χ2n) is 5.17. The molecule has 0 amide bonds. The van der Waals surface area contributed by atoms with E-state index in [1.807, 2.05) is 6.92 Å². The molecular weight excluding hydrogens is 186 g/mol. The van der Waals surface area contributed by atoms with Gasteiger partial charge in [0.05, 0.1) is 5.60 Å². The molecule has 0 fully saturated rings. The van der Waals surface area contributed by atoms with Gasteiger partial charge in [0, 0.05) is 6.04 Å². The lowest BCUT2D eigenvalue weighted by molar-refractivity contribution is 0.0392. The number of hydrogen-bond donors (Lipinski definition) is 2. The highest BCUT2D eigenvalue weighted by Gasteiger charge is 2.18. The minimum absolute atomic E-state index is 0.477. The zero-order chi connectivity index (χ0) is 11.7. The zero-order valence-electron chi connectivity index (χ0n) is 11.0. The van der Waals surface area contributed by atoms with Gasteiger partial charge < -0.3 is 10.4 Å². The predicted octanol–water partition coefficient (Wildman–Crippen LogP) is 3.10. The summed E-state index contributed by atoms with van der Waals surface area (Å²) < 4.78 is 0. The Morgan fingerprint density at radius 1 is 1.13 bits per heavy atom. The first-order valence-corrected chi connectivity index (χ1v) is 6.43. The van der Waals surface area contributed by atoms with Crippen molar-refractivity contribution in [1.82, 2.24) is 5.32 Å². The fraction of sp³-hybridized carbons (Fsp3) is 1.00. The van der Waals surface area contributed by atoms with Crippen molar-refractivity contribution < 1.29 is 5.11 Å². The second kappa shape index (κ2) is 8.12. The molecular formula is C13H29NO. The quantitative estimate of drug-likeness (QED) is 0.579. The molecule has 0 radical (unpaired) electrons. The molecule has 92 valence electrons. The van der Waals surface area contributed by atoms with E-state index >= 15 is 0 Å². The van der Waals surface area contributed by atoms with E-state index in [0.29, 0.717) is 6.04 Å². The van der Waals surface area contributed by atoms with Crippen LogP contribution in [0.4, 0.5) is 0 Å². The van der Waals surface area contributed by atoms with Crippen LogP contribution >= 0.6 is 0 Å². The van der Waals surface area contributed by atoms with Crippen molar-refractivity contribution in [3.63, 3.8) is 0 Å². The van der Waals surface area contributed by atoms with E-state index in [1.54, 1.807) is 0 Å². The highest BCUT2D eigenvalue weighted by molar-refractivity contribution is 4.74. The van der Waals surface area contributed by atoms with Crippen molar-refractivity contribution in [3.8, 4) is 0 Å². The van der Waals surface area contributed by atoms with Crippen molar-refractivity contribution in [2.45, 2.75) is 77.9 Å². The van der Waals surface area contributed by atoms with E-state index in [2.05, 4.69) is 26.1 Å². The summed E-state index contributed by atoms with van der Waals surface area (Å²) in [6, 6.07) is 0.515. The van der Waals surface area contributed by atoms with Gasteiger partial charge in [-0.3, -0.25) is 0 Å². The van der Waals surface area contributed by atoms with Crippen LogP contribution in [0.3, 0.4) is 0 Å². The minimum Gasteiger partial charge on any atom is -0.390 e. The molecule has 1 unspecified atom stereocenters. The Labute approximate surface area is 95.5 Å². The van der Waals surface area contributed by atoms with Crippen molar-refractivity contribution >= 4 is 0 Å². The minimum atomic E-state index is -0.477. The Morgan fingerprint density at radius 3 is 2.33 bits per heavy atom. The van der Waals surface area contributed by atoms with Crippen LogP contribution in [-0.4, -0.2) is 23.3 Å². The van der Waals surface area contributed by atoms with Crippen LogP contribution in [0, 0.1) is 0 Å². The molecule has 1 atom stereocenters. The van der Waals surface area contributed by atoms with Crippen LogP contribution in [0.1, 0.15) is 66.2 Å². The maximum atomic E-state index is 10.1. The predicted molar refractivity (Wildman–Crippen MR) is 67.1 cm³/mol. The molecule has 0 aliphatic rings. The summed E-state index contributed by atoms with van der Waals surface area (Å²) in [5.74, 6) is 0. The lowest BCUT2D eigenvalue weighted by atomic mass is 9.94. The van der Waals surface area contributed by atoms with Crippen LogP contribution in [0.5, 0.6) is 0 Å². The number of unbranched alkanes of at least 4 members (excludes halogenated alkanes) is 3. The first-order valence-electron chi connectivity index (χ1n) is 6.43. The van der Waals surface area contributed by atoms with Gasteiger partial charge in [-0.15, -0.1) is 0 Å². The summed E-state index contributed by atoms with van der Waals surface area (Å²) >= 11 is 0. The summed E-state index contributed by atoms with van der Waals surface area (Å²) in [7, 11) is 0. The van der Waals surface area contributed by atoms with Gasteiger partial charge in [-0.1, -0.05) is 46.5 Å². The summed E-state index contributed by atoms with van der Waals surface area (Å²) in [5, 5.41) is 13.4. The third kappa shape index (κ3) is 10.2. The molecule has 2 nitrogen and oxygen atoms in total. The maximum Gasteiger partial charge on any atom is 0.0631 e. The van der Waals surface area contributed by atoms with E-state index < -0.39 is 5.60 Å². The third-order valence-corrected chi connectivity index (χ3v) is 2.79. The topological polar surface area (TPSA) is 32.3 Å². The Bertz CT molecular complexity index is 143. The molecule has 0 heterocycles. The normalized spacial score (nSPS) is 15.6. The largest absolute Gasteiger partial charge is 0.390 e. The number of rotatable bonds is 9. The van der Waals surface area contributed by atoms with Gasteiger partial charge in [0.25, 0.3) is 0 Å². The molecule has 2 heteroatoms. The van der Waals surface area contributed by atoms with E-state index in [9.17, 15) is 5.11 Å². The van der Waals surface area contributed by atoms with Gasteiger partial charge in [0.2, 0.25) is 0 Å². The monoisotopic (exact) mass is 215 g/mol. The van der Waals surface area contributed by atoms with Crippen LogP contribution < -0.4 is 5.32 Å². The van der Waals surface area contributed by atoms with Gasteiger partial charge in [-0.25, -0.2) is 0 Å². The lowest BCUT2D eigenvalue weighted by Gasteiger charge is -2.24. The average molecular weight is 215 g/mol. The highest BCUT2D eigenvalue weighted by atomic mass is 16.3. The third-order valence-electron chi connectivity index (χ3n) is 2.79. The van der Waals surface area contributed by atoms with Crippen LogP contribution in [0.25, 0.3) is 0 Å². The van der Waals surface area contributed by atoms with Gasteiger partial charge >= 0.3 is 0 Å². The van der Waals surface area contributed by atoms with Crippen molar-refractivity contribution in [3.05, 3.63) is 0 Å². The second-order valence-corrected chi connectivity index (χ2v) is 5.17. The van der Waals surface area contributed by atoms with Gasteiger partial charge in [-0.2, -0.15) is 0 Å². The molecule has 0 rings (SSSR count). The zero-order valence-corrected chi connectivity index (χ0v) is 11.0. The highest BCUT2D eigenvalue weighted by Crippen LogP contribution is 2.18. The SMILES string of the molecule is CCCCCCC(C)(O)CCNC(C)C. The van der Waals surface area contributed by atoms with E-state index in [-0.39, 0.29) is 0 Å². The lowest BCUT2D eigenvalue weighted by Crippen LogP contribution is -2.32. The van der Waals surface area contributed by atoms with Crippen molar-refractivity contribution in [1.29, 1.82) is 0 Å². The molecule has 15 heavy (non-hydrogen) atoms. The molecule has 0 saturated heterocycles. The first kappa shape index (κ1) is 14.9. The standard InChI is InChI=1S/C13H29NO/c1-5-6-7-8-9-13(4,15)10-11-14-12(2)3/h12,14-15H,5-11H2,1-4H3. The number of aliphatic hydroxyl groups is 1. The fourth-order valence-corrected chi connectivity index (χ4v) is 1.69. The van der Waals surface area contributed by atoms with Gasteiger partial charge in [0.15, 0.2) is 0 Å². The molecule has 0 aromatic rings. The first-order chi connectivity index (χ1) is 6.98. The molecule has 2 N–H and O–H groups in total. The molecule has 0 aliphatic carbocycles. The molecule has 0 saturated carbocycles. The van der Waals surface area contributed by atoms with Crippen LogP contribution in [0.2, 0.25) is 0 Å². The van der Waals surface area contributed by atoms with Crippen LogP contribution in [0.15, 0.2) is 0 Å². The van der Waals surface area contributed by atoms with E-state index in [0.717, 1.165) is 25.8 Å². The van der Waals surface area contributed by atoms with Crippen molar-refractivity contribution in [2.24, 2.45) is 0 Å². The molecule has 0 bridgehead atoms. The van der Waals surface area contributed by atoms with Gasteiger partial charge in [0.1, 0.15) is 0 Å². The smallest absolute Gasteiger partial charge is 0.0631 e. The Hall–Kier alpha value is -0.0800. The maximum absolute atomic E-state index is 10.1. The van der Waals surface area contributed by atoms with Crippen LogP contribution in [-0.2, 0) is 0 Å². The Morgan fingerprint density at radius 2 is 1.80 bits per heavy atom. The summed E-state index contributed by atoms with van der Waals surface area (Å²) in [5.41, 5.74) is -0.477. The number of hydrogen-bond acceptors (Lipinski definition) is 2. The molecule has 0 aromatic heterocycles. The van der Waals surface area contributed by atoms with Gasteiger partial charge in [-0.05, 0) is 26.3 Å². The molecule has 0 aromatic carbocycles. The van der Waals surface area contributed by atoms with E-state index in [1.165, 1.54) is 19.3 Å². The summed E-state index contributed by atoms with van der Waals surface area (Å²) in [6.07, 6.45) is 6.76. The summed E-state index contributed by atoms with van der Waals surface area (Å²) in [4.78, 5) is 0. The molecule has 0 aliphatic heterocycles. The Balaban J connectivity index is 3.48.